The number of hydrogen-bond acceptors (Lipinski definition) is 6. The number of aromatic nitrogens is 1. The second-order valence-corrected chi connectivity index (χ2v) is 8.34. The number of carbonyl (C=O) groups excluding carboxylic acids is 1. The van der Waals surface area contributed by atoms with Crippen LogP contribution in [0.1, 0.15) is 24.0 Å². The first kappa shape index (κ1) is 25.8. The number of halogens is 3. The third-order valence-corrected chi connectivity index (χ3v) is 5.60. The summed E-state index contributed by atoms with van der Waals surface area (Å²) < 4.78 is 54.7. The van der Waals surface area contributed by atoms with E-state index in [0.717, 1.165) is 12.1 Å². The van der Waals surface area contributed by atoms with E-state index in [-0.39, 0.29) is 24.2 Å². The minimum atomic E-state index is -4.48. The minimum Gasteiger partial charge on any atom is -0.490 e. The van der Waals surface area contributed by atoms with Crippen molar-refractivity contribution in [1.82, 2.24) is 9.88 Å². The number of nitrogens with zero attached hydrogens (tertiary/aromatic N) is 2. The Hall–Kier alpha value is -4.28. The average molecular weight is 516 g/mol. The molecule has 1 aliphatic rings. The van der Waals surface area contributed by atoms with Crippen molar-refractivity contribution in [2.24, 2.45) is 0 Å². The second kappa shape index (κ2) is 11.2. The van der Waals surface area contributed by atoms with Crippen LogP contribution in [0.5, 0.6) is 23.1 Å². The fourth-order valence-electron chi connectivity index (χ4n) is 3.68. The monoisotopic (exact) mass is 516 g/mol. The number of hydrogen-bond donors (Lipinski definition) is 1. The summed E-state index contributed by atoms with van der Waals surface area (Å²) >= 11 is 0. The highest BCUT2D eigenvalue weighted by Gasteiger charge is 2.30. The van der Waals surface area contributed by atoms with E-state index in [9.17, 15) is 22.8 Å². The van der Waals surface area contributed by atoms with Gasteiger partial charge < -0.3 is 24.2 Å². The normalized spacial score (nSPS) is 14.2. The van der Waals surface area contributed by atoms with Crippen molar-refractivity contribution >= 4 is 12.1 Å². The predicted molar refractivity (Wildman–Crippen MR) is 125 cm³/mol. The number of carbonyl (C=O) groups is 2. The lowest BCUT2D eigenvalue weighted by Crippen LogP contribution is -2.43. The van der Waals surface area contributed by atoms with E-state index in [0.29, 0.717) is 49.2 Å². The van der Waals surface area contributed by atoms with Crippen molar-refractivity contribution < 1.29 is 42.1 Å². The van der Waals surface area contributed by atoms with Crippen molar-refractivity contribution in [2.45, 2.75) is 31.5 Å². The van der Waals surface area contributed by atoms with Crippen LogP contribution in [0.15, 0.2) is 66.9 Å². The summed E-state index contributed by atoms with van der Waals surface area (Å²) in [6, 6.07) is 15.0. The molecule has 0 spiro atoms. The third kappa shape index (κ3) is 7.35. The lowest BCUT2D eigenvalue weighted by atomic mass is 10.1. The number of ether oxygens (including phenoxy) is 3. The lowest BCUT2D eigenvalue weighted by Gasteiger charge is -2.31. The maximum Gasteiger partial charge on any atom is 0.417 e. The van der Waals surface area contributed by atoms with Gasteiger partial charge in [0.2, 0.25) is 5.88 Å². The molecule has 0 unspecified atom stereocenters. The zero-order valence-electron chi connectivity index (χ0n) is 19.5. The van der Waals surface area contributed by atoms with Crippen molar-refractivity contribution in [3.63, 3.8) is 0 Å². The number of amides is 1. The van der Waals surface area contributed by atoms with Gasteiger partial charge >= 0.3 is 18.2 Å². The molecular formula is C26H23F3N2O6. The quantitative estimate of drug-likeness (QED) is 0.439. The van der Waals surface area contributed by atoms with Gasteiger partial charge in [-0.1, -0.05) is 12.1 Å². The largest absolute Gasteiger partial charge is 0.490 e. The molecule has 2 aromatic carbocycles. The number of aliphatic carboxylic acids is 1. The van der Waals surface area contributed by atoms with Crippen LogP contribution < -0.4 is 14.2 Å². The van der Waals surface area contributed by atoms with Crippen LogP contribution >= 0.6 is 0 Å². The van der Waals surface area contributed by atoms with Crippen molar-refractivity contribution in [1.29, 1.82) is 0 Å². The van der Waals surface area contributed by atoms with Gasteiger partial charge in [-0.15, -0.1) is 0 Å². The molecule has 1 N–H and O–H groups in total. The molecule has 0 radical (unpaired) electrons. The summed E-state index contributed by atoms with van der Waals surface area (Å²) in [6.45, 7) is 0.892. The van der Waals surface area contributed by atoms with E-state index >= 15 is 0 Å². The summed E-state index contributed by atoms with van der Waals surface area (Å²) in [7, 11) is 0. The van der Waals surface area contributed by atoms with Crippen molar-refractivity contribution in [3.05, 3.63) is 78.0 Å². The van der Waals surface area contributed by atoms with Gasteiger partial charge in [-0.3, -0.25) is 4.79 Å². The molecule has 1 aromatic heterocycles. The summed E-state index contributed by atoms with van der Waals surface area (Å²) in [5.41, 5.74) is -0.183. The first-order chi connectivity index (χ1) is 17.7. The Morgan fingerprint density at radius 2 is 1.54 bits per heavy atom. The topological polar surface area (TPSA) is 98.2 Å². The number of carboxylic acid groups (broad SMARTS) is 1. The predicted octanol–water partition coefficient (Wildman–Crippen LogP) is 5.56. The van der Waals surface area contributed by atoms with Gasteiger partial charge in [0.15, 0.2) is 0 Å². The number of alkyl halides is 3. The molecule has 8 nitrogen and oxygen atoms in total. The lowest BCUT2D eigenvalue weighted by molar-refractivity contribution is -0.138. The van der Waals surface area contributed by atoms with Crippen LogP contribution in [-0.2, 0) is 17.4 Å². The van der Waals surface area contributed by atoms with E-state index in [1.807, 2.05) is 0 Å². The third-order valence-electron chi connectivity index (χ3n) is 5.60. The molecule has 1 aliphatic heterocycles. The number of carboxylic acids is 1. The Bertz CT molecular complexity index is 1210. The highest BCUT2D eigenvalue weighted by atomic mass is 19.4. The number of benzene rings is 2. The molecule has 0 bridgehead atoms. The standard InChI is InChI=1S/C26H23F3N2O6/c27-26(28,29)18-3-10-23(30-16-18)36-20-6-8-21(9-7-20)37-25(34)31-13-11-22(12-14-31)35-19-4-1-17(2-5-19)15-24(32)33/h1-10,16,22H,11-15H2,(H,32,33). The molecule has 4 rings (SSSR count). The molecule has 2 heterocycles. The van der Waals surface area contributed by atoms with Crippen LogP contribution in [0.25, 0.3) is 0 Å². The fraction of sp³-hybridized carbons (Fsp3) is 0.269. The molecule has 37 heavy (non-hydrogen) atoms. The van der Waals surface area contributed by atoms with Crippen LogP contribution in [0.3, 0.4) is 0 Å². The van der Waals surface area contributed by atoms with Crippen LogP contribution in [-0.4, -0.2) is 46.2 Å². The maximum atomic E-state index is 12.6. The molecule has 194 valence electrons. The highest BCUT2D eigenvalue weighted by molar-refractivity contribution is 5.71. The fourth-order valence-corrected chi connectivity index (χ4v) is 3.68. The van der Waals surface area contributed by atoms with Gasteiger partial charge in [0, 0.05) is 38.2 Å². The number of rotatable bonds is 7. The Morgan fingerprint density at radius 1 is 0.919 bits per heavy atom. The van der Waals surface area contributed by atoms with E-state index in [2.05, 4.69) is 4.98 Å². The smallest absolute Gasteiger partial charge is 0.417 e. The van der Waals surface area contributed by atoms with Gasteiger partial charge in [0.05, 0.1) is 12.0 Å². The van der Waals surface area contributed by atoms with Gasteiger partial charge in [-0.2, -0.15) is 13.2 Å². The van der Waals surface area contributed by atoms with Crippen molar-refractivity contribution in [2.75, 3.05) is 13.1 Å². The Kier molecular flexibility index (Phi) is 7.80. The van der Waals surface area contributed by atoms with Gasteiger partial charge in [0.1, 0.15) is 23.4 Å². The highest BCUT2D eigenvalue weighted by Crippen LogP contribution is 2.30. The molecule has 1 saturated heterocycles. The number of likely N-dealkylation sites (tertiary alicyclic amines) is 1. The average Bonchev–Trinajstić information content (AvgIpc) is 2.86. The Balaban J connectivity index is 1.22. The summed E-state index contributed by atoms with van der Waals surface area (Å²) in [5, 5.41) is 8.84. The Morgan fingerprint density at radius 3 is 2.11 bits per heavy atom. The molecule has 1 amide bonds. The van der Waals surface area contributed by atoms with Crippen LogP contribution in [0, 0.1) is 0 Å². The summed E-state index contributed by atoms with van der Waals surface area (Å²) in [4.78, 5) is 28.5. The van der Waals surface area contributed by atoms with Gasteiger partial charge in [0.25, 0.3) is 0 Å². The van der Waals surface area contributed by atoms with Gasteiger partial charge in [-0.05, 0) is 48.0 Å². The number of pyridine rings is 1. The van der Waals surface area contributed by atoms with E-state index in [1.54, 1.807) is 29.2 Å². The van der Waals surface area contributed by atoms with E-state index < -0.39 is 23.8 Å². The SMILES string of the molecule is O=C(O)Cc1ccc(OC2CCN(C(=O)Oc3ccc(Oc4ccc(C(F)(F)F)cn4)cc3)CC2)cc1. The molecule has 0 saturated carbocycles. The summed E-state index contributed by atoms with van der Waals surface area (Å²) in [5.74, 6) is 0.356. The minimum absolute atomic E-state index is 0.000890. The Labute approximate surface area is 210 Å². The summed E-state index contributed by atoms with van der Waals surface area (Å²) in [6.07, 6.45) is -3.20. The van der Waals surface area contributed by atoms with E-state index in [1.165, 1.54) is 24.3 Å². The molecule has 0 aliphatic carbocycles. The zero-order valence-corrected chi connectivity index (χ0v) is 19.5. The first-order valence-corrected chi connectivity index (χ1v) is 11.4. The van der Waals surface area contributed by atoms with Crippen LogP contribution in [0.4, 0.5) is 18.0 Å². The molecular weight excluding hydrogens is 493 g/mol. The maximum absolute atomic E-state index is 12.6. The first-order valence-electron chi connectivity index (χ1n) is 11.4. The molecule has 3 aromatic rings. The van der Waals surface area contributed by atoms with Gasteiger partial charge in [-0.25, -0.2) is 9.78 Å². The second-order valence-electron chi connectivity index (χ2n) is 8.34. The molecule has 0 atom stereocenters. The van der Waals surface area contributed by atoms with E-state index in [4.69, 9.17) is 19.3 Å². The van der Waals surface area contributed by atoms with Crippen LogP contribution in [0.2, 0.25) is 0 Å². The number of piperidine rings is 1. The van der Waals surface area contributed by atoms with Crippen molar-refractivity contribution in [3.8, 4) is 23.1 Å². The molecule has 11 heteroatoms. The zero-order chi connectivity index (χ0) is 26.4. The molecule has 1 fully saturated rings.